The first-order chi connectivity index (χ1) is 13.8. The van der Waals surface area contributed by atoms with Crippen molar-refractivity contribution in [1.29, 1.82) is 0 Å². The van der Waals surface area contributed by atoms with Crippen LogP contribution in [0.5, 0.6) is 5.75 Å². The molecular formula is C23H37N3O2. The maximum Gasteiger partial charge on any atom is 0.236 e. The lowest BCUT2D eigenvalue weighted by Crippen LogP contribution is -2.35. The fourth-order valence-corrected chi connectivity index (χ4v) is 4.44. The number of fused-ring (bicyclic) bond motifs is 1. The lowest BCUT2D eigenvalue weighted by Gasteiger charge is -2.25. The second-order valence-electron chi connectivity index (χ2n) is 8.25. The normalized spacial score (nSPS) is 20.0. The number of aryl methyl sites for hydroxylation is 1. The lowest BCUT2D eigenvalue weighted by atomic mass is 9.81. The van der Waals surface area contributed by atoms with Crippen LogP contribution in [0, 0.1) is 5.92 Å². The Labute approximate surface area is 170 Å². The van der Waals surface area contributed by atoms with E-state index in [1.165, 1.54) is 43.2 Å². The summed E-state index contributed by atoms with van der Waals surface area (Å²) in [6.45, 7) is 5.46. The summed E-state index contributed by atoms with van der Waals surface area (Å²) in [5.41, 5.74) is 3.00. The van der Waals surface area contributed by atoms with Crippen LogP contribution >= 0.6 is 0 Å². The van der Waals surface area contributed by atoms with Crippen molar-refractivity contribution >= 4 is 5.91 Å². The Hall–Kier alpha value is -1.59. The molecule has 2 aliphatic rings. The molecule has 1 saturated heterocycles. The van der Waals surface area contributed by atoms with Crippen molar-refractivity contribution < 1.29 is 9.53 Å². The fourth-order valence-electron chi connectivity index (χ4n) is 4.44. The van der Waals surface area contributed by atoms with Crippen LogP contribution in [0.4, 0.5) is 0 Å². The van der Waals surface area contributed by atoms with Gasteiger partial charge >= 0.3 is 0 Å². The fraction of sp³-hybridized carbons (Fsp3) is 0.696. The van der Waals surface area contributed by atoms with Crippen LogP contribution in [-0.2, 0) is 17.6 Å². The summed E-state index contributed by atoms with van der Waals surface area (Å²) in [5.74, 6) is 2.06. The second-order valence-corrected chi connectivity index (χ2v) is 8.25. The summed E-state index contributed by atoms with van der Waals surface area (Å²) in [5, 5.41) is 6.77. The van der Waals surface area contributed by atoms with Crippen LogP contribution in [0.2, 0.25) is 0 Å². The van der Waals surface area contributed by atoms with Crippen molar-refractivity contribution in [3.8, 4) is 5.75 Å². The molecule has 28 heavy (non-hydrogen) atoms. The van der Waals surface area contributed by atoms with Gasteiger partial charge in [-0.1, -0.05) is 6.07 Å². The van der Waals surface area contributed by atoms with E-state index in [1.807, 2.05) is 4.90 Å². The molecule has 1 fully saturated rings. The van der Waals surface area contributed by atoms with Crippen molar-refractivity contribution in [1.82, 2.24) is 15.5 Å². The largest absolute Gasteiger partial charge is 0.497 e. The maximum atomic E-state index is 11.9. The van der Waals surface area contributed by atoms with E-state index in [9.17, 15) is 4.79 Å². The highest BCUT2D eigenvalue weighted by atomic mass is 16.5. The average molecular weight is 388 g/mol. The zero-order valence-electron chi connectivity index (χ0n) is 17.5. The number of ether oxygens (including phenoxy) is 1. The smallest absolute Gasteiger partial charge is 0.236 e. The predicted octanol–water partition coefficient (Wildman–Crippen LogP) is 2.77. The number of nitrogens with zero attached hydrogens (tertiary/aromatic N) is 1. The summed E-state index contributed by atoms with van der Waals surface area (Å²) in [6, 6.07) is 6.55. The van der Waals surface area contributed by atoms with Crippen molar-refractivity contribution in [3.05, 3.63) is 29.3 Å². The molecule has 0 aromatic heterocycles. The van der Waals surface area contributed by atoms with Gasteiger partial charge in [-0.05, 0) is 100 Å². The molecule has 1 aromatic rings. The van der Waals surface area contributed by atoms with Gasteiger partial charge in [0.25, 0.3) is 0 Å². The number of unbranched alkanes of at least 4 members (excludes halogenated alkanes) is 1. The van der Waals surface area contributed by atoms with Crippen LogP contribution in [0.1, 0.15) is 49.7 Å². The van der Waals surface area contributed by atoms with E-state index in [2.05, 4.69) is 28.8 Å². The van der Waals surface area contributed by atoms with Gasteiger partial charge < -0.3 is 20.3 Å². The third-order valence-corrected chi connectivity index (χ3v) is 6.15. The number of benzene rings is 1. The second kappa shape index (κ2) is 11.4. The molecule has 0 spiro atoms. The van der Waals surface area contributed by atoms with Gasteiger partial charge in [0.05, 0.1) is 13.7 Å². The van der Waals surface area contributed by atoms with Gasteiger partial charge in [0.15, 0.2) is 0 Å². The minimum atomic E-state index is 0.261. The highest BCUT2D eigenvalue weighted by molar-refractivity contribution is 5.78. The Kier molecular flexibility index (Phi) is 8.62. The van der Waals surface area contributed by atoms with Crippen LogP contribution in [-0.4, -0.2) is 57.2 Å². The van der Waals surface area contributed by atoms with Crippen molar-refractivity contribution in [2.45, 2.75) is 51.4 Å². The molecule has 0 saturated carbocycles. The van der Waals surface area contributed by atoms with Gasteiger partial charge in [0, 0.05) is 13.1 Å². The molecule has 1 atom stereocenters. The third kappa shape index (κ3) is 6.49. The van der Waals surface area contributed by atoms with E-state index < -0.39 is 0 Å². The zero-order chi connectivity index (χ0) is 19.6. The Morgan fingerprint density at radius 2 is 2.11 bits per heavy atom. The average Bonchev–Trinajstić information content (AvgIpc) is 2.93. The molecule has 1 amide bonds. The SMILES string of the molecule is COc1ccc2c(c1)C[C@@H](CCCNCCCCN1CCCNCC1=O)CC2. The summed E-state index contributed by atoms with van der Waals surface area (Å²) in [7, 11) is 1.75. The zero-order valence-corrected chi connectivity index (χ0v) is 17.5. The molecule has 0 unspecified atom stereocenters. The number of carbonyl (C=O) groups is 1. The monoisotopic (exact) mass is 387 g/mol. The minimum absolute atomic E-state index is 0.261. The molecule has 0 bridgehead atoms. The van der Waals surface area contributed by atoms with Gasteiger partial charge in [0.2, 0.25) is 5.91 Å². The summed E-state index contributed by atoms with van der Waals surface area (Å²) < 4.78 is 5.38. The minimum Gasteiger partial charge on any atom is -0.497 e. The lowest BCUT2D eigenvalue weighted by molar-refractivity contribution is -0.129. The molecule has 2 N–H and O–H groups in total. The standard InChI is InChI=1S/C23H37N3O2/c1-28-22-10-9-20-8-7-19(16-21(20)17-22)6-4-12-24-11-2-3-14-26-15-5-13-25-18-23(26)27/h9-10,17,19,24-25H,2-8,11-16,18H2,1H3/t19-/m0/s1. The molecule has 0 radical (unpaired) electrons. The molecule has 1 heterocycles. The number of methoxy groups -OCH3 is 1. The Morgan fingerprint density at radius 3 is 3.00 bits per heavy atom. The molecule has 156 valence electrons. The highest BCUT2D eigenvalue weighted by Gasteiger charge is 2.19. The van der Waals surface area contributed by atoms with E-state index in [1.54, 1.807) is 7.11 Å². The van der Waals surface area contributed by atoms with Gasteiger partial charge in [-0.2, -0.15) is 0 Å². The van der Waals surface area contributed by atoms with E-state index in [0.717, 1.165) is 63.7 Å². The summed E-state index contributed by atoms with van der Waals surface area (Å²) in [6.07, 6.45) is 9.60. The van der Waals surface area contributed by atoms with Crippen LogP contribution < -0.4 is 15.4 Å². The molecule has 3 rings (SSSR count). The van der Waals surface area contributed by atoms with E-state index in [0.29, 0.717) is 6.54 Å². The van der Waals surface area contributed by atoms with Crippen LogP contribution in [0.15, 0.2) is 18.2 Å². The Bertz CT molecular complexity index is 620. The van der Waals surface area contributed by atoms with Crippen molar-refractivity contribution in [2.24, 2.45) is 5.92 Å². The van der Waals surface area contributed by atoms with Gasteiger partial charge in [-0.15, -0.1) is 0 Å². The molecule has 5 heteroatoms. The van der Waals surface area contributed by atoms with Crippen molar-refractivity contribution in [2.75, 3.05) is 46.4 Å². The number of rotatable bonds is 10. The molecule has 5 nitrogen and oxygen atoms in total. The van der Waals surface area contributed by atoms with Crippen LogP contribution in [0.25, 0.3) is 0 Å². The highest BCUT2D eigenvalue weighted by Crippen LogP contribution is 2.30. The van der Waals surface area contributed by atoms with Gasteiger partial charge in [-0.3, -0.25) is 4.79 Å². The predicted molar refractivity (Wildman–Crippen MR) is 114 cm³/mol. The maximum absolute atomic E-state index is 11.9. The number of amides is 1. The molecule has 1 aliphatic heterocycles. The van der Waals surface area contributed by atoms with E-state index in [4.69, 9.17) is 4.74 Å². The number of hydrogen-bond donors (Lipinski definition) is 2. The first-order valence-electron chi connectivity index (χ1n) is 11.1. The Morgan fingerprint density at radius 1 is 1.21 bits per heavy atom. The summed E-state index contributed by atoms with van der Waals surface area (Å²) >= 11 is 0. The first kappa shape index (κ1) is 21.1. The van der Waals surface area contributed by atoms with Gasteiger partial charge in [0.1, 0.15) is 5.75 Å². The quantitative estimate of drug-likeness (QED) is 0.606. The third-order valence-electron chi connectivity index (χ3n) is 6.15. The number of carbonyl (C=O) groups excluding carboxylic acids is 1. The molecular weight excluding hydrogens is 350 g/mol. The topological polar surface area (TPSA) is 53.6 Å². The summed E-state index contributed by atoms with van der Waals surface area (Å²) in [4.78, 5) is 13.9. The van der Waals surface area contributed by atoms with E-state index >= 15 is 0 Å². The van der Waals surface area contributed by atoms with Crippen LogP contribution in [0.3, 0.4) is 0 Å². The molecule has 1 aliphatic carbocycles. The number of nitrogens with one attached hydrogen (secondary N) is 2. The first-order valence-corrected chi connectivity index (χ1v) is 11.1. The van der Waals surface area contributed by atoms with E-state index in [-0.39, 0.29) is 5.91 Å². The van der Waals surface area contributed by atoms with Gasteiger partial charge in [-0.25, -0.2) is 0 Å². The molecule has 1 aromatic carbocycles. The van der Waals surface area contributed by atoms with Crippen molar-refractivity contribution in [3.63, 3.8) is 0 Å². The number of hydrogen-bond acceptors (Lipinski definition) is 4. The Balaban J connectivity index is 1.23.